The van der Waals surface area contributed by atoms with Crippen LogP contribution in [0.1, 0.15) is 53.7 Å². The highest BCUT2D eigenvalue weighted by Crippen LogP contribution is 2.33. The van der Waals surface area contributed by atoms with E-state index in [0.29, 0.717) is 66.5 Å². The Balaban J connectivity index is 1.29. The highest BCUT2D eigenvalue weighted by molar-refractivity contribution is 7.16. The van der Waals surface area contributed by atoms with Gasteiger partial charge in [-0.25, -0.2) is 19.0 Å². The van der Waals surface area contributed by atoms with Crippen molar-refractivity contribution in [3.63, 3.8) is 0 Å². The molecule has 0 fully saturated rings. The largest absolute Gasteiger partial charge is 0.491 e. The van der Waals surface area contributed by atoms with Crippen molar-refractivity contribution in [3.8, 4) is 17.6 Å². The zero-order valence-electron chi connectivity index (χ0n) is 37.2. The molecule has 1 amide bonds. The third-order valence-corrected chi connectivity index (χ3v) is 13.0. The first-order valence-corrected chi connectivity index (χ1v) is 25.7. The molecule has 0 atom stereocenters. The van der Waals surface area contributed by atoms with Crippen LogP contribution in [0.5, 0.6) is 5.75 Å². The molecule has 5 rings (SSSR count). The summed E-state index contributed by atoms with van der Waals surface area (Å²) >= 11 is 2.83. The molecule has 1 N–H and O–H groups in total. The molecule has 0 bridgehead atoms. The summed E-state index contributed by atoms with van der Waals surface area (Å²) in [5.41, 5.74) is 1.58. The molecule has 0 radical (unpaired) electrons. The van der Waals surface area contributed by atoms with Crippen molar-refractivity contribution in [1.82, 2.24) is 29.5 Å². The number of amides is 1. The van der Waals surface area contributed by atoms with Crippen molar-refractivity contribution in [2.45, 2.75) is 78.6 Å². The normalized spacial score (nSPS) is 12.1. The van der Waals surface area contributed by atoms with E-state index in [1.807, 2.05) is 49.0 Å². The van der Waals surface area contributed by atoms with Crippen molar-refractivity contribution < 1.29 is 33.3 Å². The maximum atomic E-state index is 15.0. The first-order valence-electron chi connectivity index (χ1n) is 20.3. The summed E-state index contributed by atoms with van der Waals surface area (Å²) < 4.78 is 35.3. The highest BCUT2D eigenvalue weighted by Gasteiger charge is 2.24. The number of rotatable bonds is 18. The number of ether oxygens (including phenoxy) is 3. The molecule has 0 saturated heterocycles. The van der Waals surface area contributed by atoms with Gasteiger partial charge in [0.1, 0.15) is 12.3 Å². The summed E-state index contributed by atoms with van der Waals surface area (Å²) in [7, 11) is 4.24. The van der Waals surface area contributed by atoms with Gasteiger partial charge in [0, 0.05) is 45.3 Å². The number of carbonyl (C=O) groups excluding carboxylic acids is 1. The van der Waals surface area contributed by atoms with Crippen molar-refractivity contribution >= 4 is 69.8 Å². The Kier molecular flexibility index (Phi) is 16.4. The second kappa shape index (κ2) is 21.3. The van der Waals surface area contributed by atoms with Gasteiger partial charge in [0.2, 0.25) is 0 Å². The van der Waals surface area contributed by atoms with Crippen molar-refractivity contribution in [3.05, 3.63) is 80.8 Å². The lowest BCUT2D eigenvalue weighted by Gasteiger charge is -2.23. The van der Waals surface area contributed by atoms with Gasteiger partial charge >= 0.3 is 12.1 Å². The minimum atomic E-state index is -1.25. The lowest BCUT2D eigenvalue weighted by Crippen LogP contribution is -2.34. The Morgan fingerprint density at radius 3 is 2.45 bits per heavy atom. The number of aromatic carboxylic acids is 1. The third kappa shape index (κ3) is 13.9. The standard InChI is InChI=1S/C44H57FN8O6S2Si/c1-30-27-37(48-49-39(30)47-42-53(29-57-25-26-62(8,9)10)33-16-11-12-17-35(33)60-42)52(23-22-50(5)6)41-46-38(40(54)55)36(61-41)18-14-24-58-34-20-19-31(28-32(34)45)15-13-21-51(7)43(56)59-44(2,3)4/h11-12,16-17,19-20,27-28H,14,18,21-26,29H2,1-10H3,(H,54,55)/b47-42-. The van der Waals surface area contributed by atoms with Gasteiger partial charge in [0.05, 0.1) is 23.4 Å². The number of aryl methyl sites for hydroxylation is 2. The number of aromatic nitrogens is 4. The summed E-state index contributed by atoms with van der Waals surface area (Å²) in [5.74, 6) is 5.03. The lowest BCUT2D eigenvalue weighted by molar-refractivity contribution is 0.0320. The molecule has 332 valence electrons. The van der Waals surface area contributed by atoms with Crippen LogP contribution in [0, 0.1) is 24.6 Å². The van der Waals surface area contributed by atoms with Crippen LogP contribution in [-0.2, 0) is 22.6 Å². The van der Waals surface area contributed by atoms with Crippen LogP contribution in [0.15, 0.2) is 53.5 Å². The second-order valence-electron chi connectivity index (χ2n) is 17.2. The van der Waals surface area contributed by atoms with Crippen LogP contribution < -0.4 is 14.4 Å². The Morgan fingerprint density at radius 2 is 1.77 bits per heavy atom. The van der Waals surface area contributed by atoms with Crippen LogP contribution in [0.3, 0.4) is 0 Å². The van der Waals surface area contributed by atoms with E-state index < -0.39 is 31.6 Å². The minimum absolute atomic E-state index is 0.0519. The number of carboxylic acids is 1. The molecule has 0 saturated carbocycles. The molecule has 62 heavy (non-hydrogen) atoms. The summed E-state index contributed by atoms with van der Waals surface area (Å²) in [6, 6.07) is 15.5. The van der Waals surface area contributed by atoms with E-state index in [2.05, 4.69) is 63.4 Å². The number of halogens is 1. The molecule has 18 heteroatoms. The van der Waals surface area contributed by atoms with Crippen LogP contribution in [0.2, 0.25) is 25.7 Å². The molecule has 0 aliphatic carbocycles. The molecule has 3 heterocycles. The van der Waals surface area contributed by atoms with Gasteiger partial charge < -0.3 is 29.1 Å². The fourth-order valence-electron chi connectivity index (χ4n) is 5.74. The van der Waals surface area contributed by atoms with Crippen LogP contribution in [0.4, 0.5) is 26.0 Å². The van der Waals surface area contributed by atoms with Crippen molar-refractivity contribution in [2.24, 2.45) is 4.99 Å². The third-order valence-electron chi connectivity index (χ3n) is 9.11. The molecular formula is C44H57FN8O6S2Si. The Morgan fingerprint density at radius 1 is 1.02 bits per heavy atom. The number of likely N-dealkylation sites (N-methyl/N-ethyl adjacent to an activating group) is 1. The average molecular weight is 905 g/mol. The van der Waals surface area contributed by atoms with E-state index in [4.69, 9.17) is 19.2 Å². The highest BCUT2D eigenvalue weighted by atomic mass is 32.1. The van der Waals surface area contributed by atoms with Gasteiger partial charge in [-0.1, -0.05) is 55.0 Å². The minimum Gasteiger partial charge on any atom is -0.491 e. The Labute approximate surface area is 372 Å². The predicted octanol–water partition coefficient (Wildman–Crippen LogP) is 8.57. The number of hydrogen-bond acceptors (Lipinski definition) is 13. The monoisotopic (exact) mass is 904 g/mol. The second-order valence-corrected chi connectivity index (χ2v) is 24.9. The van der Waals surface area contributed by atoms with E-state index in [0.717, 1.165) is 26.6 Å². The Bertz CT molecular complexity index is 2480. The SMILES string of the molecule is Cc1cc(N(CCN(C)C)c2nc(C(=O)O)c(CCCOc3ccc(C#CCN(C)C(=O)OC(C)(C)C)cc3F)s2)nnc1/N=c1\sc2ccccc2n1COCC[Si](C)(C)C. The molecule has 5 aromatic rings. The molecule has 3 aromatic heterocycles. The van der Waals surface area contributed by atoms with Gasteiger partial charge in [-0.2, -0.15) is 4.99 Å². The van der Waals surface area contributed by atoms with Gasteiger partial charge in [-0.15, -0.1) is 21.5 Å². The summed E-state index contributed by atoms with van der Waals surface area (Å²) in [5, 5.41) is 19.8. The fraction of sp³-hybridized carbons (Fsp3) is 0.455. The summed E-state index contributed by atoms with van der Waals surface area (Å²) in [4.78, 5) is 40.7. The number of nitrogens with zero attached hydrogens (tertiary/aromatic N) is 8. The summed E-state index contributed by atoms with van der Waals surface area (Å²) in [6.07, 6.45) is 0.256. The Hall–Kier alpha value is -5.19. The fourth-order valence-corrected chi connectivity index (χ4v) is 8.64. The zero-order chi connectivity index (χ0) is 45.2. The molecule has 0 aliphatic heterocycles. The lowest BCUT2D eigenvalue weighted by atomic mass is 10.2. The first kappa shape index (κ1) is 47.8. The van der Waals surface area contributed by atoms with Gasteiger partial charge in [0.25, 0.3) is 0 Å². The number of benzene rings is 2. The number of thiazole rings is 2. The topological polar surface area (TPSA) is 148 Å². The van der Waals surface area contributed by atoms with Gasteiger partial charge in [-0.3, -0.25) is 9.47 Å². The number of carboxylic acid groups (broad SMARTS) is 1. The van der Waals surface area contributed by atoms with Crippen LogP contribution in [0.25, 0.3) is 10.2 Å². The van der Waals surface area contributed by atoms with Crippen LogP contribution in [-0.4, -0.2) is 114 Å². The molecule has 0 spiro atoms. The van der Waals surface area contributed by atoms with Crippen molar-refractivity contribution in [2.75, 3.05) is 58.9 Å². The zero-order valence-corrected chi connectivity index (χ0v) is 39.9. The maximum Gasteiger partial charge on any atom is 0.410 e. The first-order chi connectivity index (χ1) is 29.3. The molecule has 0 unspecified atom stereocenters. The van der Waals surface area contributed by atoms with E-state index >= 15 is 0 Å². The van der Waals surface area contributed by atoms with E-state index in [9.17, 15) is 19.1 Å². The smallest absolute Gasteiger partial charge is 0.410 e. The van der Waals surface area contributed by atoms with Gasteiger partial charge in [0.15, 0.2) is 38.8 Å². The summed E-state index contributed by atoms with van der Waals surface area (Å²) in [6.45, 7) is 16.7. The molecule has 2 aromatic carbocycles. The number of fused-ring (bicyclic) bond motifs is 1. The van der Waals surface area contributed by atoms with E-state index in [-0.39, 0.29) is 24.6 Å². The molecular weight excluding hydrogens is 848 g/mol. The van der Waals surface area contributed by atoms with E-state index in [1.165, 1.54) is 28.4 Å². The number of para-hydroxylation sites is 1. The van der Waals surface area contributed by atoms with Crippen molar-refractivity contribution in [1.29, 1.82) is 0 Å². The van der Waals surface area contributed by atoms with Gasteiger partial charge in [-0.05, 0) is 103 Å². The molecule has 14 nitrogen and oxygen atoms in total. The average Bonchev–Trinajstić information content (AvgIpc) is 3.77. The number of hydrogen-bond donors (Lipinski definition) is 1. The number of carbonyl (C=O) groups is 2. The predicted molar refractivity (Wildman–Crippen MR) is 247 cm³/mol. The maximum absolute atomic E-state index is 15.0. The number of anilines is 2. The quantitative estimate of drug-likeness (QED) is 0.0513. The van der Waals surface area contributed by atoms with E-state index in [1.54, 1.807) is 45.2 Å². The molecule has 0 aliphatic rings. The van der Waals surface area contributed by atoms with Crippen LogP contribution >= 0.6 is 22.7 Å².